The van der Waals surface area contributed by atoms with Crippen LogP contribution in [0.3, 0.4) is 0 Å². The Bertz CT molecular complexity index is 1390. The summed E-state index contributed by atoms with van der Waals surface area (Å²) in [7, 11) is 0. The van der Waals surface area contributed by atoms with Gasteiger partial charge in [-0.3, -0.25) is 14.9 Å². The minimum absolute atomic E-state index is 0.0829. The molecule has 4 aromatic rings. The predicted octanol–water partition coefficient (Wildman–Crippen LogP) is 6.14. The summed E-state index contributed by atoms with van der Waals surface area (Å²) in [6, 6.07) is 18.1. The highest BCUT2D eigenvalue weighted by atomic mass is 35.5. The van der Waals surface area contributed by atoms with E-state index < -0.39 is 10.8 Å². The van der Waals surface area contributed by atoms with Crippen LogP contribution in [-0.2, 0) is 6.73 Å². The molecular weight excluding hydrogens is 472 g/mol. The number of hydrogen-bond donors (Lipinski definition) is 1. The first-order valence-corrected chi connectivity index (χ1v) is 10.9. The molecule has 4 rings (SSSR count). The van der Waals surface area contributed by atoms with Crippen molar-refractivity contribution in [3.63, 3.8) is 0 Å². The molecule has 0 unspecified atom stereocenters. The number of anilines is 1. The van der Waals surface area contributed by atoms with Crippen LogP contribution in [0.5, 0.6) is 17.2 Å². The van der Waals surface area contributed by atoms with Gasteiger partial charge < -0.3 is 14.8 Å². The second-order valence-corrected chi connectivity index (χ2v) is 8.20. The lowest BCUT2D eigenvalue weighted by atomic mass is 10.1. The number of nitrogens with one attached hydrogen (secondary N) is 1. The Morgan fingerprint density at radius 2 is 1.83 bits per heavy atom. The quantitative estimate of drug-likeness (QED) is 0.233. The van der Waals surface area contributed by atoms with Gasteiger partial charge in [0.2, 0.25) is 0 Å². The maximum atomic E-state index is 12.7. The number of carbonyl (C=O) groups excluding carboxylic acids is 1. The third-order valence-electron chi connectivity index (χ3n) is 4.98. The molecule has 0 fully saturated rings. The highest BCUT2D eigenvalue weighted by Gasteiger charge is 2.16. The number of aryl methyl sites for hydroxylation is 2. The molecule has 0 atom stereocenters. The number of halogens is 1. The topological polar surface area (TPSA) is 109 Å². The van der Waals surface area contributed by atoms with Crippen LogP contribution in [0.2, 0.25) is 5.02 Å². The molecule has 35 heavy (non-hydrogen) atoms. The van der Waals surface area contributed by atoms with Gasteiger partial charge in [-0.15, -0.1) is 0 Å². The lowest BCUT2D eigenvalue weighted by molar-refractivity contribution is -0.384. The summed E-state index contributed by atoms with van der Waals surface area (Å²) in [6.07, 6.45) is 1.59. The number of aromatic nitrogens is 2. The van der Waals surface area contributed by atoms with Gasteiger partial charge in [0.1, 0.15) is 17.2 Å². The van der Waals surface area contributed by atoms with E-state index in [9.17, 15) is 14.9 Å². The first-order chi connectivity index (χ1) is 16.8. The van der Waals surface area contributed by atoms with Crippen molar-refractivity contribution in [3.05, 3.63) is 105 Å². The van der Waals surface area contributed by atoms with Crippen LogP contribution in [0.15, 0.2) is 72.9 Å². The van der Waals surface area contributed by atoms with Gasteiger partial charge in [0.15, 0.2) is 12.4 Å². The summed E-state index contributed by atoms with van der Waals surface area (Å²) >= 11 is 5.86. The van der Waals surface area contributed by atoms with Crippen molar-refractivity contribution in [3.8, 4) is 17.2 Å². The van der Waals surface area contributed by atoms with E-state index in [1.54, 1.807) is 30.5 Å². The van der Waals surface area contributed by atoms with E-state index in [0.717, 1.165) is 11.1 Å². The van der Waals surface area contributed by atoms with E-state index in [-0.39, 0.29) is 29.5 Å². The molecule has 0 radical (unpaired) electrons. The number of nitro benzene ring substituents is 1. The van der Waals surface area contributed by atoms with Crippen molar-refractivity contribution in [2.45, 2.75) is 20.6 Å². The lowest BCUT2D eigenvalue weighted by Crippen LogP contribution is -2.14. The average Bonchev–Trinajstić information content (AvgIpc) is 3.30. The SMILES string of the molecule is Cc1ccc(C)c(Oc2cc(NC(=O)c3ccn(COc4ccc(Cl)cc4)n3)cc([N+](=O)[O-])c2)c1. The van der Waals surface area contributed by atoms with Crippen molar-refractivity contribution < 1.29 is 19.2 Å². The molecule has 0 saturated carbocycles. The van der Waals surface area contributed by atoms with Gasteiger partial charge in [-0.1, -0.05) is 23.7 Å². The number of rotatable bonds is 8. The van der Waals surface area contributed by atoms with Crippen molar-refractivity contribution in [1.82, 2.24) is 9.78 Å². The van der Waals surface area contributed by atoms with Crippen LogP contribution >= 0.6 is 11.6 Å². The Hall–Kier alpha value is -4.37. The molecule has 9 nitrogen and oxygen atoms in total. The second-order valence-electron chi connectivity index (χ2n) is 7.77. The number of benzene rings is 3. The Balaban J connectivity index is 1.48. The molecule has 0 aliphatic carbocycles. The van der Waals surface area contributed by atoms with Crippen LogP contribution in [0.1, 0.15) is 21.6 Å². The average molecular weight is 493 g/mol. The molecular formula is C25H21ClN4O5. The summed E-state index contributed by atoms with van der Waals surface area (Å²) in [6.45, 7) is 3.88. The third kappa shape index (κ3) is 6.15. The number of nitro groups is 1. The van der Waals surface area contributed by atoms with E-state index in [1.807, 2.05) is 32.0 Å². The van der Waals surface area contributed by atoms with E-state index >= 15 is 0 Å². The molecule has 0 aliphatic rings. The molecule has 1 heterocycles. The Morgan fingerprint density at radius 3 is 2.57 bits per heavy atom. The fourth-order valence-electron chi connectivity index (χ4n) is 3.19. The number of ether oxygens (including phenoxy) is 2. The maximum absolute atomic E-state index is 12.7. The summed E-state index contributed by atoms with van der Waals surface area (Å²) in [4.78, 5) is 23.6. The van der Waals surface area contributed by atoms with E-state index in [1.165, 1.54) is 28.9 Å². The van der Waals surface area contributed by atoms with Gasteiger partial charge in [-0.2, -0.15) is 5.10 Å². The van der Waals surface area contributed by atoms with Crippen LogP contribution in [-0.4, -0.2) is 20.6 Å². The Labute approximate surface area is 206 Å². The molecule has 3 aromatic carbocycles. The monoisotopic (exact) mass is 492 g/mol. The fourth-order valence-corrected chi connectivity index (χ4v) is 3.31. The van der Waals surface area contributed by atoms with Crippen molar-refractivity contribution in [1.29, 1.82) is 0 Å². The van der Waals surface area contributed by atoms with E-state index in [0.29, 0.717) is 16.5 Å². The zero-order chi connectivity index (χ0) is 24.9. The largest absolute Gasteiger partial charge is 0.471 e. The van der Waals surface area contributed by atoms with Crippen LogP contribution in [0, 0.1) is 24.0 Å². The number of non-ortho nitro benzene ring substituents is 1. The number of carbonyl (C=O) groups is 1. The molecule has 1 N–H and O–H groups in total. The van der Waals surface area contributed by atoms with Crippen LogP contribution in [0.25, 0.3) is 0 Å². The predicted molar refractivity (Wildman–Crippen MR) is 131 cm³/mol. The fraction of sp³-hybridized carbons (Fsp3) is 0.120. The smallest absolute Gasteiger partial charge is 0.276 e. The van der Waals surface area contributed by atoms with Crippen LogP contribution in [0.4, 0.5) is 11.4 Å². The molecule has 0 aliphatic heterocycles. The van der Waals surface area contributed by atoms with Gasteiger partial charge in [-0.25, -0.2) is 4.68 Å². The molecule has 0 saturated heterocycles. The summed E-state index contributed by atoms with van der Waals surface area (Å²) in [5, 5.41) is 18.9. The van der Waals surface area contributed by atoms with E-state index in [4.69, 9.17) is 21.1 Å². The van der Waals surface area contributed by atoms with E-state index in [2.05, 4.69) is 10.4 Å². The zero-order valence-corrected chi connectivity index (χ0v) is 19.7. The first-order valence-electron chi connectivity index (χ1n) is 10.5. The van der Waals surface area contributed by atoms with Crippen molar-refractivity contribution >= 4 is 28.9 Å². The number of hydrogen-bond acceptors (Lipinski definition) is 6. The Kier molecular flexibility index (Phi) is 6.98. The van der Waals surface area contributed by atoms with Crippen molar-refractivity contribution in [2.24, 2.45) is 0 Å². The normalized spacial score (nSPS) is 10.6. The lowest BCUT2D eigenvalue weighted by Gasteiger charge is -2.11. The molecule has 0 bridgehead atoms. The summed E-state index contributed by atoms with van der Waals surface area (Å²) in [5.74, 6) is 0.865. The van der Waals surface area contributed by atoms with Crippen LogP contribution < -0.4 is 14.8 Å². The van der Waals surface area contributed by atoms with Gasteiger partial charge in [0, 0.05) is 23.4 Å². The minimum Gasteiger partial charge on any atom is -0.471 e. The van der Waals surface area contributed by atoms with Gasteiger partial charge >= 0.3 is 0 Å². The number of nitrogens with zero attached hydrogens (tertiary/aromatic N) is 3. The standard InChI is InChI=1S/C25H21ClN4O5/c1-16-3-4-17(2)24(11-16)35-22-13-19(12-20(14-22)30(32)33)27-25(31)23-9-10-29(28-23)15-34-21-7-5-18(26)6-8-21/h3-14H,15H2,1-2H3,(H,27,31). The minimum atomic E-state index is -0.547. The van der Waals surface area contributed by atoms with Gasteiger partial charge in [-0.05, 0) is 61.4 Å². The third-order valence-corrected chi connectivity index (χ3v) is 5.23. The first kappa shape index (κ1) is 23.8. The van der Waals surface area contributed by atoms with Gasteiger partial charge in [0.05, 0.1) is 16.7 Å². The molecule has 1 amide bonds. The zero-order valence-electron chi connectivity index (χ0n) is 18.9. The molecule has 178 valence electrons. The molecule has 10 heteroatoms. The maximum Gasteiger partial charge on any atom is 0.276 e. The number of amides is 1. The molecule has 1 aromatic heterocycles. The van der Waals surface area contributed by atoms with Crippen molar-refractivity contribution in [2.75, 3.05) is 5.32 Å². The molecule has 0 spiro atoms. The van der Waals surface area contributed by atoms with Gasteiger partial charge in [0.25, 0.3) is 11.6 Å². The highest BCUT2D eigenvalue weighted by molar-refractivity contribution is 6.30. The second kappa shape index (κ2) is 10.3. The summed E-state index contributed by atoms with van der Waals surface area (Å²) in [5.41, 5.74) is 1.97. The highest BCUT2D eigenvalue weighted by Crippen LogP contribution is 2.32. The Morgan fingerprint density at radius 1 is 1.06 bits per heavy atom. The summed E-state index contributed by atoms with van der Waals surface area (Å²) < 4.78 is 13.0.